The van der Waals surface area contributed by atoms with Crippen molar-refractivity contribution in [1.82, 2.24) is 14.4 Å². The number of hydrogen-bond acceptors (Lipinski definition) is 3. The van der Waals surface area contributed by atoms with Crippen LogP contribution in [0.4, 0.5) is 13.2 Å². The molecule has 9 heteroatoms. The molecular weight excluding hydrogens is 369 g/mol. The van der Waals surface area contributed by atoms with Crippen molar-refractivity contribution in [3.63, 3.8) is 0 Å². The van der Waals surface area contributed by atoms with Gasteiger partial charge in [-0.3, -0.25) is 0 Å². The molecule has 0 saturated carbocycles. The smallest absolute Gasteiger partial charge is 0.422 e. The Balaban J connectivity index is 1.89. The third kappa shape index (κ3) is 4.28. The average molecular weight is 385 g/mol. The molecule has 2 atom stereocenters. The van der Waals surface area contributed by atoms with Crippen LogP contribution >= 0.6 is 18.5 Å². The van der Waals surface area contributed by atoms with Crippen molar-refractivity contribution in [2.75, 3.05) is 6.61 Å². The minimum atomic E-state index is -4.38. The lowest BCUT2D eigenvalue weighted by atomic mass is 10.1. The molecule has 0 N–H and O–H groups in total. The molecule has 0 aromatic carbocycles. The van der Waals surface area contributed by atoms with Gasteiger partial charge in [-0.05, 0) is 24.6 Å². The molecule has 3 heterocycles. The maximum atomic E-state index is 12.2. The van der Waals surface area contributed by atoms with Gasteiger partial charge in [0.15, 0.2) is 6.61 Å². The van der Waals surface area contributed by atoms with E-state index in [9.17, 15) is 13.2 Å². The summed E-state index contributed by atoms with van der Waals surface area (Å²) in [6.07, 6.45) is 0.825. The molecule has 0 aliphatic carbocycles. The molecule has 2 unspecified atom stereocenters. The molecule has 0 aliphatic heterocycles. The Morgan fingerprint density at radius 3 is 2.36 bits per heavy atom. The predicted molar refractivity (Wildman–Crippen MR) is 96.7 cm³/mol. The van der Waals surface area contributed by atoms with Crippen molar-refractivity contribution in [2.45, 2.75) is 18.0 Å². The summed E-state index contributed by atoms with van der Waals surface area (Å²) in [4.78, 5) is 8.10. The summed E-state index contributed by atoms with van der Waals surface area (Å²) in [5, 5.41) is 0. The van der Waals surface area contributed by atoms with Crippen LogP contribution in [0.3, 0.4) is 0 Å². The van der Waals surface area contributed by atoms with Crippen molar-refractivity contribution in [3.8, 4) is 17.0 Å². The summed E-state index contributed by atoms with van der Waals surface area (Å²) in [5.41, 5.74) is 2.60. The SMILES string of the molecule is CC(P)(P)c1ncc2ccc(-c3ccc(OCC(F)(F)F)nc3)cn12. The number of halogens is 3. The normalized spacial score (nSPS) is 12.6. The van der Waals surface area contributed by atoms with Crippen LogP contribution in [0.5, 0.6) is 5.88 Å². The highest BCUT2D eigenvalue weighted by atomic mass is 31.1. The van der Waals surface area contributed by atoms with E-state index in [2.05, 4.69) is 33.2 Å². The molecule has 0 saturated heterocycles. The first-order valence-electron chi connectivity index (χ1n) is 7.35. The first kappa shape index (κ1) is 18.1. The molecular formula is C16H16F3N3OP2. The number of fused-ring (bicyclic) bond motifs is 1. The van der Waals surface area contributed by atoms with E-state index in [1.165, 1.54) is 12.3 Å². The second-order valence-corrected chi connectivity index (χ2v) is 8.93. The zero-order chi connectivity index (χ0) is 18.2. The highest BCUT2D eigenvalue weighted by Crippen LogP contribution is 2.37. The van der Waals surface area contributed by atoms with Gasteiger partial charge < -0.3 is 9.14 Å². The molecule has 4 nitrogen and oxygen atoms in total. The lowest BCUT2D eigenvalue weighted by Gasteiger charge is -2.17. The minimum absolute atomic E-state index is 0.0621. The number of alkyl halides is 3. The molecule has 0 radical (unpaired) electrons. The van der Waals surface area contributed by atoms with Crippen LogP contribution in [0.2, 0.25) is 0 Å². The van der Waals surface area contributed by atoms with Gasteiger partial charge >= 0.3 is 6.18 Å². The fourth-order valence-corrected chi connectivity index (χ4v) is 2.78. The van der Waals surface area contributed by atoms with E-state index < -0.39 is 12.8 Å². The van der Waals surface area contributed by atoms with Gasteiger partial charge in [-0.1, -0.05) is 6.07 Å². The van der Waals surface area contributed by atoms with Crippen LogP contribution in [0.25, 0.3) is 16.6 Å². The van der Waals surface area contributed by atoms with E-state index in [0.717, 1.165) is 22.5 Å². The molecule has 132 valence electrons. The van der Waals surface area contributed by atoms with E-state index in [1.54, 1.807) is 12.3 Å². The Morgan fingerprint density at radius 2 is 1.76 bits per heavy atom. The van der Waals surface area contributed by atoms with E-state index >= 15 is 0 Å². The summed E-state index contributed by atoms with van der Waals surface area (Å²) in [6.45, 7) is 0.655. The van der Waals surface area contributed by atoms with Gasteiger partial charge in [0.25, 0.3) is 0 Å². The summed E-state index contributed by atoms with van der Waals surface area (Å²) in [6, 6.07) is 6.95. The van der Waals surface area contributed by atoms with Gasteiger partial charge in [0, 0.05) is 24.0 Å². The topological polar surface area (TPSA) is 39.4 Å². The maximum absolute atomic E-state index is 12.2. The van der Waals surface area contributed by atoms with Crippen LogP contribution in [0.15, 0.2) is 42.9 Å². The maximum Gasteiger partial charge on any atom is 0.422 e. The number of aromatic nitrogens is 3. The second kappa shape index (κ2) is 6.54. The Kier molecular flexibility index (Phi) is 4.74. The van der Waals surface area contributed by atoms with Crippen molar-refractivity contribution in [3.05, 3.63) is 48.7 Å². The zero-order valence-corrected chi connectivity index (χ0v) is 15.6. The number of ether oxygens (including phenoxy) is 1. The molecule has 3 rings (SSSR count). The van der Waals surface area contributed by atoms with Crippen molar-refractivity contribution < 1.29 is 17.9 Å². The van der Waals surface area contributed by atoms with Crippen molar-refractivity contribution in [2.24, 2.45) is 0 Å². The standard InChI is InChI=1S/C16H16F3N3OP2/c1-15(24,25)14-21-7-12-4-2-11(8-22(12)14)10-3-5-13(20-6-10)23-9-16(17,18)19/h2-8H,9,24-25H2,1H3. The zero-order valence-electron chi connectivity index (χ0n) is 13.3. The van der Waals surface area contributed by atoms with Gasteiger partial charge in [0.2, 0.25) is 5.88 Å². The fourth-order valence-electron chi connectivity index (χ4n) is 2.35. The van der Waals surface area contributed by atoms with Crippen molar-refractivity contribution in [1.29, 1.82) is 0 Å². The molecule has 0 amide bonds. The molecule has 3 aromatic rings. The second-order valence-electron chi connectivity index (χ2n) is 5.87. The number of imidazole rings is 1. The Hall–Kier alpha value is -1.71. The Labute approximate surface area is 147 Å². The van der Waals surface area contributed by atoms with Crippen LogP contribution < -0.4 is 4.74 Å². The minimum Gasteiger partial charge on any atom is -0.468 e. The van der Waals surface area contributed by atoms with Crippen molar-refractivity contribution >= 4 is 24.0 Å². The molecule has 25 heavy (non-hydrogen) atoms. The summed E-state index contributed by atoms with van der Waals surface area (Å²) >= 11 is 0. The number of rotatable bonds is 4. The number of nitrogens with zero attached hydrogens (tertiary/aromatic N) is 3. The number of hydrogen-bond donors (Lipinski definition) is 0. The van der Waals surface area contributed by atoms with E-state index in [4.69, 9.17) is 0 Å². The fraction of sp³-hybridized carbons (Fsp3) is 0.250. The van der Waals surface area contributed by atoms with Gasteiger partial charge in [-0.2, -0.15) is 13.2 Å². The Bertz CT molecular complexity index is 886. The van der Waals surface area contributed by atoms with Gasteiger partial charge in [-0.25, -0.2) is 9.97 Å². The average Bonchev–Trinajstić information content (AvgIpc) is 2.96. The third-order valence-electron chi connectivity index (χ3n) is 3.46. The monoisotopic (exact) mass is 385 g/mol. The highest BCUT2D eigenvalue weighted by molar-refractivity contribution is 7.38. The molecule has 3 aromatic heterocycles. The largest absolute Gasteiger partial charge is 0.468 e. The van der Waals surface area contributed by atoms with Crippen LogP contribution in [0.1, 0.15) is 12.7 Å². The van der Waals surface area contributed by atoms with Crippen LogP contribution in [0, 0.1) is 0 Å². The van der Waals surface area contributed by atoms with Crippen LogP contribution in [-0.2, 0) is 4.90 Å². The first-order chi connectivity index (χ1) is 11.6. The molecule has 0 bridgehead atoms. The molecule has 0 aliphatic rings. The van der Waals surface area contributed by atoms with Gasteiger partial charge in [0.05, 0.1) is 16.6 Å². The van der Waals surface area contributed by atoms with E-state index in [0.29, 0.717) is 0 Å². The lowest BCUT2D eigenvalue weighted by Crippen LogP contribution is -2.19. The summed E-state index contributed by atoms with van der Waals surface area (Å²) < 4.78 is 43.1. The Morgan fingerprint density at radius 1 is 1.04 bits per heavy atom. The lowest BCUT2D eigenvalue weighted by molar-refractivity contribution is -0.154. The number of pyridine rings is 2. The molecule has 0 fully saturated rings. The third-order valence-corrected chi connectivity index (χ3v) is 3.98. The van der Waals surface area contributed by atoms with E-state index in [1.807, 2.05) is 29.7 Å². The quantitative estimate of drug-likeness (QED) is 0.630. The predicted octanol–water partition coefficient (Wildman–Crippen LogP) is 4.26. The van der Waals surface area contributed by atoms with E-state index in [-0.39, 0.29) is 10.8 Å². The first-order valence-corrected chi connectivity index (χ1v) is 8.50. The molecule has 0 spiro atoms. The van der Waals surface area contributed by atoms with Gasteiger partial charge in [-0.15, -0.1) is 18.5 Å². The van der Waals surface area contributed by atoms with Crippen LogP contribution in [-0.4, -0.2) is 27.2 Å². The summed E-state index contributed by atoms with van der Waals surface area (Å²) in [7, 11) is 5.45. The van der Waals surface area contributed by atoms with Gasteiger partial charge in [0.1, 0.15) is 5.82 Å². The highest BCUT2D eigenvalue weighted by Gasteiger charge is 2.28. The summed E-state index contributed by atoms with van der Waals surface area (Å²) in [5.74, 6) is 0.797.